The molecule has 0 unspecified atom stereocenters. The van der Waals surface area contributed by atoms with Crippen LogP contribution >= 0.6 is 35.6 Å². The van der Waals surface area contributed by atoms with Crippen molar-refractivity contribution < 1.29 is 4.79 Å². The van der Waals surface area contributed by atoms with E-state index in [0.29, 0.717) is 24.7 Å². The number of hydrogen-bond acceptors (Lipinski definition) is 3. The van der Waals surface area contributed by atoms with E-state index in [0.717, 1.165) is 42.3 Å². The van der Waals surface area contributed by atoms with Crippen LogP contribution in [-0.2, 0) is 17.9 Å². The number of nitrogens with one attached hydrogen (secondary N) is 2. The summed E-state index contributed by atoms with van der Waals surface area (Å²) in [6, 6.07) is 11.8. The minimum Gasteiger partial charge on any atom is -0.357 e. The molecule has 150 valence electrons. The van der Waals surface area contributed by atoms with Gasteiger partial charge in [0.05, 0.1) is 6.54 Å². The van der Waals surface area contributed by atoms with E-state index in [4.69, 9.17) is 11.6 Å². The van der Waals surface area contributed by atoms with Crippen LogP contribution in [0.25, 0.3) is 0 Å². The van der Waals surface area contributed by atoms with Gasteiger partial charge in [0.1, 0.15) is 5.15 Å². The van der Waals surface area contributed by atoms with E-state index in [2.05, 4.69) is 20.6 Å². The molecule has 1 saturated heterocycles. The first-order valence-electron chi connectivity index (χ1n) is 9.17. The van der Waals surface area contributed by atoms with Crippen LogP contribution in [0.3, 0.4) is 0 Å². The van der Waals surface area contributed by atoms with E-state index in [1.807, 2.05) is 42.2 Å². The summed E-state index contributed by atoms with van der Waals surface area (Å²) in [6.45, 7) is 4.80. The highest BCUT2D eigenvalue weighted by molar-refractivity contribution is 14.0. The molecule has 0 radical (unpaired) electrons. The maximum atomic E-state index is 11.8. The van der Waals surface area contributed by atoms with Gasteiger partial charge >= 0.3 is 0 Å². The van der Waals surface area contributed by atoms with Crippen molar-refractivity contribution in [3.8, 4) is 0 Å². The van der Waals surface area contributed by atoms with Crippen molar-refractivity contribution in [1.29, 1.82) is 0 Å². The molecular formula is C20H25ClIN5O. The van der Waals surface area contributed by atoms with Crippen LogP contribution in [0.5, 0.6) is 0 Å². The van der Waals surface area contributed by atoms with Crippen molar-refractivity contribution in [3.63, 3.8) is 0 Å². The van der Waals surface area contributed by atoms with Gasteiger partial charge in [-0.1, -0.05) is 29.8 Å². The van der Waals surface area contributed by atoms with Gasteiger partial charge in [-0.3, -0.25) is 4.79 Å². The second-order valence-electron chi connectivity index (χ2n) is 6.35. The molecule has 2 N–H and O–H groups in total. The van der Waals surface area contributed by atoms with Gasteiger partial charge in [0.2, 0.25) is 5.91 Å². The second kappa shape index (κ2) is 11.2. The molecule has 0 aliphatic carbocycles. The van der Waals surface area contributed by atoms with Crippen molar-refractivity contribution in [1.82, 2.24) is 15.6 Å². The fourth-order valence-corrected chi connectivity index (χ4v) is 3.02. The normalized spacial score (nSPS) is 14.0. The number of anilines is 1. The van der Waals surface area contributed by atoms with E-state index in [1.54, 1.807) is 12.3 Å². The van der Waals surface area contributed by atoms with Crippen molar-refractivity contribution >= 4 is 53.1 Å². The van der Waals surface area contributed by atoms with Crippen LogP contribution in [0, 0.1) is 0 Å². The topological polar surface area (TPSA) is 69.6 Å². The van der Waals surface area contributed by atoms with Gasteiger partial charge < -0.3 is 15.5 Å². The highest BCUT2D eigenvalue weighted by Crippen LogP contribution is 2.21. The summed E-state index contributed by atoms with van der Waals surface area (Å²) in [5.41, 5.74) is 3.09. The molecule has 1 fully saturated rings. The fraction of sp³-hybridized carbons (Fsp3) is 0.350. The predicted octanol–water partition coefficient (Wildman–Crippen LogP) is 3.74. The van der Waals surface area contributed by atoms with Crippen LogP contribution in [0.15, 0.2) is 47.6 Å². The highest BCUT2D eigenvalue weighted by Gasteiger charge is 2.21. The van der Waals surface area contributed by atoms with Gasteiger partial charge in [-0.2, -0.15) is 0 Å². The van der Waals surface area contributed by atoms with Crippen LogP contribution in [0.1, 0.15) is 30.9 Å². The summed E-state index contributed by atoms with van der Waals surface area (Å²) in [6.07, 6.45) is 3.32. The minimum absolute atomic E-state index is 0. The second-order valence-corrected chi connectivity index (χ2v) is 6.74. The SMILES string of the molecule is CCNC(=NCc1ccc(Cl)nc1)NCc1ccc(N2CCCC2=O)cc1.I. The smallest absolute Gasteiger partial charge is 0.227 e. The van der Waals surface area contributed by atoms with Gasteiger partial charge in [0, 0.05) is 37.9 Å². The third-order valence-corrected chi connectivity index (χ3v) is 4.56. The number of amides is 1. The molecule has 1 aromatic carbocycles. The number of carbonyl (C=O) groups excluding carboxylic acids is 1. The lowest BCUT2D eigenvalue weighted by Crippen LogP contribution is -2.36. The summed E-state index contributed by atoms with van der Waals surface area (Å²) >= 11 is 5.81. The first-order chi connectivity index (χ1) is 13.2. The zero-order valence-corrected chi connectivity index (χ0v) is 18.9. The summed E-state index contributed by atoms with van der Waals surface area (Å²) in [5.74, 6) is 0.949. The first kappa shape index (κ1) is 22.4. The standard InChI is InChI=1S/C20H24ClN5O.HI/c1-2-22-20(25-14-16-7-10-18(21)23-13-16)24-12-15-5-8-17(9-6-15)26-11-3-4-19(26)27;/h5-10,13H,2-4,11-12,14H2,1H3,(H2,22,24,25);1H. The highest BCUT2D eigenvalue weighted by atomic mass is 127. The van der Waals surface area contributed by atoms with Crippen LogP contribution in [0.4, 0.5) is 5.69 Å². The molecule has 1 aliphatic rings. The molecule has 0 bridgehead atoms. The molecule has 8 heteroatoms. The lowest BCUT2D eigenvalue weighted by molar-refractivity contribution is -0.117. The average molecular weight is 514 g/mol. The van der Waals surface area contributed by atoms with E-state index < -0.39 is 0 Å². The number of rotatable bonds is 6. The molecule has 1 aliphatic heterocycles. The molecule has 1 aromatic heterocycles. The fourth-order valence-electron chi connectivity index (χ4n) is 2.91. The zero-order chi connectivity index (χ0) is 19.1. The third-order valence-electron chi connectivity index (χ3n) is 4.33. The molecule has 2 aromatic rings. The van der Waals surface area contributed by atoms with E-state index in [9.17, 15) is 4.79 Å². The Bertz CT molecular complexity index is 795. The van der Waals surface area contributed by atoms with Crippen molar-refractivity contribution in [2.75, 3.05) is 18.0 Å². The Balaban J connectivity index is 0.00000280. The Morgan fingerprint density at radius 3 is 2.54 bits per heavy atom. The molecule has 3 rings (SSSR count). The van der Waals surface area contributed by atoms with Gasteiger partial charge in [0.15, 0.2) is 5.96 Å². The molecule has 6 nitrogen and oxygen atoms in total. The van der Waals surface area contributed by atoms with Crippen LogP contribution in [0.2, 0.25) is 5.15 Å². The number of benzene rings is 1. The number of guanidine groups is 1. The molecule has 0 saturated carbocycles. The van der Waals surface area contributed by atoms with E-state index >= 15 is 0 Å². The predicted molar refractivity (Wildman–Crippen MR) is 124 cm³/mol. The monoisotopic (exact) mass is 513 g/mol. The van der Waals surface area contributed by atoms with E-state index in [-0.39, 0.29) is 29.9 Å². The number of nitrogens with zero attached hydrogens (tertiary/aromatic N) is 3. The van der Waals surface area contributed by atoms with E-state index in [1.165, 1.54) is 0 Å². The quantitative estimate of drug-likeness (QED) is 0.267. The Labute approximate surface area is 187 Å². The minimum atomic E-state index is 0. The summed E-state index contributed by atoms with van der Waals surface area (Å²) in [5, 5.41) is 7.04. The number of aromatic nitrogens is 1. The van der Waals surface area contributed by atoms with Gasteiger partial charge in [0.25, 0.3) is 0 Å². The third kappa shape index (κ3) is 6.34. The summed E-state index contributed by atoms with van der Waals surface area (Å²) < 4.78 is 0. The van der Waals surface area contributed by atoms with Crippen molar-refractivity contribution in [2.45, 2.75) is 32.9 Å². The van der Waals surface area contributed by atoms with Gasteiger partial charge in [-0.25, -0.2) is 9.98 Å². The largest absolute Gasteiger partial charge is 0.357 e. The maximum Gasteiger partial charge on any atom is 0.227 e. The first-order valence-corrected chi connectivity index (χ1v) is 9.55. The number of hydrogen-bond donors (Lipinski definition) is 2. The lowest BCUT2D eigenvalue weighted by Gasteiger charge is -2.16. The number of aliphatic imine (C=N–C) groups is 1. The summed E-state index contributed by atoms with van der Waals surface area (Å²) in [4.78, 5) is 22.3. The van der Waals surface area contributed by atoms with Crippen molar-refractivity contribution in [3.05, 3.63) is 58.9 Å². The zero-order valence-electron chi connectivity index (χ0n) is 15.8. The molecule has 1 amide bonds. The molecular weight excluding hydrogens is 489 g/mol. The van der Waals surface area contributed by atoms with Gasteiger partial charge in [-0.05, 0) is 42.7 Å². The molecule has 28 heavy (non-hydrogen) atoms. The maximum absolute atomic E-state index is 11.8. The Hall–Kier alpha value is -1.87. The Morgan fingerprint density at radius 2 is 1.93 bits per heavy atom. The number of carbonyl (C=O) groups is 1. The molecule has 2 heterocycles. The lowest BCUT2D eigenvalue weighted by atomic mass is 10.2. The summed E-state index contributed by atoms with van der Waals surface area (Å²) in [7, 11) is 0. The Kier molecular flexibility index (Phi) is 8.98. The van der Waals surface area contributed by atoms with Crippen LogP contribution in [-0.4, -0.2) is 29.9 Å². The van der Waals surface area contributed by atoms with Crippen molar-refractivity contribution in [2.24, 2.45) is 4.99 Å². The number of halogens is 2. The van der Waals surface area contributed by atoms with Gasteiger partial charge in [-0.15, -0.1) is 24.0 Å². The average Bonchev–Trinajstić information content (AvgIpc) is 3.11. The molecule has 0 atom stereocenters. The van der Waals surface area contributed by atoms with Crippen LogP contribution < -0.4 is 15.5 Å². The molecule has 0 spiro atoms. The Morgan fingerprint density at radius 1 is 1.18 bits per heavy atom. The number of pyridine rings is 1.